The van der Waals surface area contributed by atoms with E-state index in [1.54, 1.807) is 0 Å². The Bertz CT molecular complexity index is 378. The van der Waals surface area contributed by atoms with E-state index >= 15 is 0 Å². The Morgan fingerprint density at radius 1 is 0.565 bits per heavy atom. The summed E-state index contributed by atoms with van der Waals surface area (Å²) in [4.78, 5) is 0. The number of aliphatic hydroxyl groups excluding tert-OH is 8. The highest BCUT2D eigenvalue weighted by Gasteiger charge is 2.49. The molecule has 0 saturated carbocycles. The van der Waals surface area contributed by atoms with Gasteiger partial charge >= 0.3 is 0 Å². The zero-order valence-corrected chi connectivity index (χ0v) is 12.3. The van der Waals surface area contributed by atoms with Crippen LogP contribution in [0.1, 0.15) is 6.42 Å². The van der Waals surface area contributed by atoms with Crippen molar-refractivity contribution in [3.63, 3.8) is 0 Å². The summed E-state index contributed by atoms with van der Waals surface area (Å²) >= 11 is 0. The third kappa shape index (κ3) is 3.66. The first kappa shape index (κ1) is 18.9. The molecule has 0 bridgehead atoms. The Labute approximate surface area is 132 Å². The lowest BCUT2D eigenvalue weighted by Gasteiger charge is -2.45. The first-order valence-electron chi connectivity index (χ1n) is 7.42. The van der Waals surface area contributed by atoms with Crippen LogP contribution in [0.5, 0.6) is 0 Å². The average Bonchev–Trinajstić information content (AvgIpc) is 2.55. The van der Waals surface area contributed by atoms with Gasteiger partial charge in [0.15, 0.2) is 6.29 Å². The molecule has 8 N–H and O–H groups in total. The van der Waals surface area contributed by atoms with Crippen molar-refractivity contribution in [1.29, 1.82) is 0 Å². The summed E-state index contributed by atoms with van der Waals surface area (Å²) in [5, 5.41) is 77.1. The van der Waals surface area contributed by atoms with Crippen molar-refractivity contribution in [2.75, 3.05) is 13.2 Å². The van der Waals surface area contributed by atoms with Gasteiger partial charge in [0.1, 0.15) is 30.5 Å². The molecule has 0 amide bonds. The van der Waals surface area contributed by atoms with Gasteiger partial charge in [-0.1, -0.05) is 0 Å². The fourth-order valence-electron chi connectivity index (χ4n) is 3.11. The molecule has 0 radical (unpaired) electrons. The van der Waals surface area contributed by atoms with Gasteiger partial charge in [0.2, 0.25) is 0 Å². The minimum Gasteiger partial charge on any atom is -0.394 e. The predicted molar refractivity (Wildman–Crippen MR) is 71.9 cm³/mol. The molecule has 10 atom stereocenters. The van der Waals surface area contributed by atoms with Crippen molar-refractivity contribution in [2.24, 2.45) is 5.92 Å². The van der Waals surface area contributed by atoms with Gasteiger partial charge in [-0.15, -0.1) is 0 Å². The van der Waals surface area contributed by atoms with Gasteiger partial charge < -0.3 is 50.3 Å². The van der Waals surface area contributed by atoms with Gasteiger partial charge in [-0.05, 0) is 6.42 Å². The fourth-order valence-corrected chi connectivity index (χ4v) is 3.11. The first-order chi connectivity index (χ1) is 10.8. The first-order valence-corrected chi connectivity index (χ1v) is 7.42. The molecule has 0 aromatic carbocycles. The molecule has 2 fully saturated rings. The molecule has 2 heterocycles. The molecule has 0 spiro atoms. The molecule has 0 aliphatic carbocycles. The number of rotatable bonds is 4. The van der Waals surface area contributed by atoms with Crippen molar-refractivity contribution in [3.8, 4) is 0 Å². The zero-order valence-electron chi connectivity index (χ0n) is 12.3. The fraction of sp³-hybridized carbons (Fsp3) is 1.00. The second-order valence-corrected chi connectivity index (χ2v) is 6.00. The second kappa shape index (κ2) is 7.66. The maximum atomic E-state index is 10.1. The Morgan fingerprint density at radius 3 is 1.70 bits per heavy atom. The van der Waals surface area contributed by atoms with Crippen LogP contribution in [0.4, 0.5) is 0 Å². The molecule has 23 heavy (non-hydrogen) atoms. The smallest absolute Gasteiger partial charge is 0.183 e. The van der Waals surface area contributed by atoms with Crippen LogP contribution in [0.3, 0.4) is 0 Å². The van der Waals surface area contributed by atoms with Crippen LogP contribution >= 0.6 is 0 Å². The van der Waals surface area contributed by atoms with Crippen molar-refractivity contribution in [1.82, 2.24) is 0 Å². The van der Waals surface area contributed by atoms with Crippen LogP contribution in [-0.2, 0) is 9.47 Å². The van der Waals surface area contributed by atoms with E-state index in [2.05, 4.69) is 0 Å². The molecule has 2 saturated heterocycles. The summed E-state index contributed by atoms with van der Waals surface area (Å²) in [6.07, 6.45) is -12.6. The number of aliphatic hydroxyl groups is 8. The Hall–Kier alpha value is -0.400. The molecule has 2 rings (SSSR count). The molecule has 2 aliphatic heterocycles. The molecule has 0 aromatic heterocycles. The van der Waals surface area contributed by atoms with E-state index in [1.807, 2.05) is 0 Å². The van der Waals surface area contributed by atoms with E-state index in [1.165, 1.54) is 0 Å². The summed E-state index contributed by atoms with van der Waals surface area (Å²) in [6.45, 7) is -1.14. The minimum atomic E-state index is -1.66. The molecule has 10 heteroatoms. The lowest BCUT2D eigenvalue weighted by atomic mass is 9.81. The Balaban J connectivity index is 2.11. The molecule has 1 unspecified atom stereocenters. The van der Waals surface area contributed by atoms with Crippen molar-refractivity contribution >= 4 is 0 Å². The van der Waals surface area contributed by atoms with Gasteiger partial charge in [0.25, 0.3) is 0 Å². The van der Waals surface area contributed by atoms with E-state index in [4.69, 9.17) is 14.6 Å². The van der Waals surface area contributed by atoms with E-state index in [9.17, 15) is 35.7 Å². The van der Waals surface area contributed by atoms with Crippen LogP contribution in [-0.4, -0.2) is 109 Å². The third-order valence-corrected chi connectivity index (χ3v) is 4.55. The largest absolute Gasteiger partial charge is 0.394 e. The summed E-state index contributed by atoms with van der Waals surface area (Å²) < 4.78 is 10.3. The zero-order chi connectivity index (χ0) is 17.3. The summed E-state index contributed by atoms with van der Waals surface area (Å²) in [5.74, 6) is -0.903. The van der Waals surface area contributed by atoms with Crippen LogP contribution < -0.4 is 0 Å². The molecule has 0 aromatic rings. The quantitative estimate of drug-likeness (QED) is 0.247. The molecule has 2 aliphatic rings. The van der Waals surface area contributed by atoms with E-state index < -0.39 is 74.3 Å². The lowest BCUT2D eigenvalue weighted by molar-refractivity contribution is -0.286. The number of hydrogen-bond acceptors (Lipinski definition) is 10. The highest BCUT2D eigenvalue weighted by molar-refractivity contribution is 4.96. The van der Waals surface area contributed by atoms with Crippen molar-refractivity contribution in [3.05, 3.63) is 0 Å². The second-order valence-electron chi connectivity index (χ2n) is 6.00. The number of hydrogen-bond donors (Lipinski definition) is 8. The SMILES string of the molecule is OC[C@H]1O[C@@H](C[C@H]2[C@H](O)[C@@H](O)C(O)O[C@@H]2CO)[C@H](O)[C@@H](O)[C@H]1O. The maximum Gasteiger partial charge on any atom is 0.183 e. The van der Waals surface area contributed by atoms with E-state index in [0.29, 0.717) is 0 Å². The van der Waals surface area contributed by atoms with Crippen molar-refractivity contribution in [2.45, 2.75) is 61.5 Å². The third-order valence-electron chi connectivity index (χ3n) is 4.55. The number of ether oxygens (including phenoxy) is 2. The Morgan fingerprint density at radius 2 is 1.13 bits per heavy atom. The highest BCUT2D eigenvalue weighted by Crippen LogP contribution is 2.33. The highest BCUT2D eigenvalue weighted by atomic mass is 16.6. The van der Waals surface area contributed by atoms with Gasteiger partial charge in [0.05, 0.1) is 31.5 Å². The standard InChI is InChI=1S/C13H24O10/c14-2-6-4(8(16)12(20)13(21)23-6)1-5-9(17)11(19)10(18)7(3-15)22-5/h4-21H,1-3H2/t4-,5+,6-,7-,8+,9+,10+,11-,12-,13?/m1/s1. The van der Waals surface area contributed by atoms with E-state index in [-0.39, 0.29) is 6.42 Å². The summed E-state index contributed by atoms with van der Waals surface area (Å²) in [5.41, 5.74) is 0. The average molecular weight is 340 g/mol. The summed E-state index contributed by atoms with van der Waals surface area (Å²) in [7, 11) is 0. The van der Waals surface area contributed by atoms with Crippen molar-refractivity contribution < 1.29 is 50.3 Å². The van der Waals surface area contributed by atoms with E-state index in [0.717, 1.165) is 0 Å². The normalized spacial score (nSPS) is 51.7. The van der Waals surface area contributed by atoms with Crippen LogP contribution in [0, 0.1) is 5.92 Å². The van der Waals surface area contributed by atoms with Crippen LogP contribution in [0.15, 0.2) is 0 Å². The topological polar surface area (TPSA) is 180 Å². The maximum absolute atomic E-state index is 10.1. The van der Waals surface area contributed by atoms with Gasteiger partial charge in [-0.3, -0.25) is 0 Å². The molecule has 10 nitrogen and oxygen atoms in total. The van der Waals surface area contributed by atoms with Crippen LogP contribution in [0.2, 0.25) is 0 Å². The van der Waals surface area contributed by atoms with Gasteiger partial charge in [-0.2, -0.15) is 0 Å². The predicted octanol–water partition coefficient (Wildman–Crippen LogP) is -4.73. The molecule has 136 valence electrons. The molecular formula is C13H24O10. The lowest BCUT2D eigenvalue weighted by Crippen LogP contribution is -2.61. The summed E-state index contributed by atoms with van der Waals surface area (Å²) in [6, 6.07) is 0. The minimum absolute atomic E-state index is 0.141. The van der Waals surface area contributed by atoms with Gasteiger partial charge in [0, 0.05) is 5.92 Å². The molecular weight excluding hydrogens is 316 g/mol. The van der Waals surface area contributed by atoms with Gasteiger partial charge in [-0.25, -0.2) is 0 Å². The Kier molecular flexibility index (Phi) is 6.30. The monoisotopic (exact) mass is 340 g/mol. The van der Waals surface area contributed by atoms with Crippen LogP contribution in [0.25, 0.3) is 0 Å².